The number of pyridine rings is 1. The summed E-state index contributed by atoms with van der Waals surface area (Å²) in [6.07, 6.45) is 4.23. The summed E-state index contributed by atoms with van der Waals surface area (Å²) in [5.74, 6) is 1.81. The smallest absolute Gasteiger partial charge is 0.227 e. The fourth-order valence-corrected chi connectivity index (χ4v) is 4.05. The number of rotatable bonds is 5. The molecule has 4 rings (SSSR count). The van der Waals surface area contributed by atoms with Crippen molar-refractivity contribution in [1.82, 2.24) is 19.9 Å². The number of aryl methyl sites for hydroxylation is 1. The van der Waals surface area contributed by atoms with Crippen molar-refractivity contribution in [3.05, 3.63) is 41.9 Å². The highest BCUT2D eigenvalue weighted by molar-refractivity contribution is 5.44. The zero-order valence-electron chi connectivity index (χ0n) is 16.9. The number of anilines is 2. The molecule has 28 heavy (non-hydrogen) atoms. The van der Waals surface area contributed by atoms with Crippen LogP contribution in [0.2, 0.25) is 0 Å². The summed E-state index contributed by atoms with van der Waals surface area (Å²) in [6, 6.07) is 8.68. The Kier molecular flexibility index (Phi) is 6.02. The summed E-state index contributed by atoms with van der Waals surface area (Å²) in [7, 11) is 2.12. The predicted molar refractivity (Wildman–Crippen MR) is 111 cm³/mol. The molecular weight excluding hydrogens is 352 g/mol. The summed E-state index contributed by atoms with van der Waals surface area (Å²) in [4.78, 5) is 21.1. The van der Waals surface area contributed by atoms with Crippen molar-refractivity contribution in [2.75, 3.05) is 56.2 Å². The lowest BCUT2D eigenvalue weighted by Crippen LogP contribution is -2.47. The number of aromatic nitrogens is 3. The summed E-state index contributed by atoms with van der Waals surface area (Å²) in [6.45, 7) is 8.39. The number of likely N-dealkylation sites (N-methyl/N-ethyl adjacent to an activating group) is 1. The van der Waals surface area contributed by atoms with Crippen LogP contribution >= 0.6 is 0 Å². The van der Waals surface area contributed by atoms with E-state index < -0.39 is 0 Å². The van der Waals surface area contributed by atoms with Gasteiger partial charge in [-0.25, -0.2) is 4.98 Å². The van der Waals surface area contributed by atoms with Crippen LogP contribution in [0.3, 0.4) is 0 Å². The first-order chi connectivity index (χ1) is 13.7. The normalized spacial score (nSPS) is 20.9. The average Bonchev–Trinajstić information content (AvgIpc) is 2.74. The molecule has 0 bridgehead atoms. The van der Waals surface area contributed by atoms with Crippen molar-refractivity contribution < 1.29 is 4.74 Å². The molecule has 2 aliphatic rings. The average molecular weight is 383 g/mol. The number of ether oxygens (including phenoxy) is 1. The number of morpholine rings is 1. The van der Waals surface area contributed by atoms with Crippen molar-refractivity contribution in [1.29, 1.82) is 0 Å². The van der Waals surface area contributed by atoms with Crippen LogP contribution in [0.15, 0.2) is 30.5 Å². The predicted octanol–water partition coefficient (Wildman–Crippen LogP) is 2.12. The number of likely N-dealkylation sites (tertiary alicyclic amines) is 1. The summed E-state index contributed by atoms with van der Waals surface area (Å²) in [5.41, 5.74) is 2.23. The molecule has 7 nitrogen and oxygen atoms in total. The molecule has 1 unspecified atom stereocenters. The third kappa shape index (κ3) is 4.59. The van der Waals surface area contributed by atoms with Crippen LogP contribution in [0.4, 0.5) is 11.8 Å². The molecule has 2 aromatic heterocycles. The number of hydrogen-bond donors (Lipinski definition) is 0. The van der Waals surface area contributed by atoms with E-state index in [-0.39, 0.29) is 0 Å². The van der Waals surface area contributed by atoms with Gasteiger partial charge < -0.3 is 14.5 Å². The highest BCUT2D eigenvalue weighted by Crippen LogP contribution is 2.22. The molecule has 4 heterocycles. The largest absolute Gasteiger partial charge is 0.378 e. The van der Waals surface area contributed by atoms with E-state index in [1.807, 2.05) is 12.3 Å². The van der Waals surface area contributed by atoms with Gasteiger partial charge in [-0.2, -0.15) is 4.98 Å². The highest BCUT2D eigenvalue weighted by Gasteiger charge is 2.25. The maximum Gasteiger partial charge on any atom is 0.227 e. The number of piperidine rings is 1. The van der Waals surface area contributed by atoms with E-state index in [9.17, 15) is 0 Å². The third-order valence-corrected chi connectivity index (χ3v) is 5.64. The fraction of sp³-hybridized carbons (Fsp3) is 0.571. The minimum absolute atomic E-state index is 0.415. The molecule has 0 radical (unpaired) electrons. The molecule has 0 spiro atoms. The van der Waals surface area contributed by atoms with Gasteiger partial charge in [0, 0.05) is 51.2 Å². The molecule has 0 N–H and O–H groups in total. The van der Waals surface area contributed by atoms with E-state index in [0.29, 0.717) is 6.04 Å². The lowest BCUT2D eigenvalue weighted by Gasteiger charge is -2.37. The second-order valence-corrected chi connectivity index (χ2v) is 7.73. The van der Waals surface area contributed by atoms with Gasteiger partial charge in [-0.3, -0.25) is 9.88 Å². The van der Waals surface area contributed by atoms with Crippen molar-refractivity contribution in [2.24, 2.45) is 0 Å². The van der Waals surface area contributed by atoms with Crippen molar-refractivity contribution in [3.8, 4) is 0 Å². The number of hydrogen-bond acceptors (Lipinski definition) is 7. The Morgan fingerprint density at radius 3 is 2.82 bits per heavy atom. The van der Waals surface area contributed by atoms with E-state index >= 15 is 0 Å². The lowest BCUT2D eigenvalue weighted by atomic mass is 10.0. The molecular formula is C21H30N6O. The Labute approximate surface area is 167 Å². The molecule has 0 amide bonds. The van der Waals surface area contributed by atoms with Crippen LogP contribution in [-0.2, 0) is 11.3 Å². The molecule has 2 fully saturated rings. The summed E-state index contributed by atoms with van der Waals surface area (Å²) in [5, 5.41) is 0. The van der Waals surface area contributed by atoms with Crippen LogP contribution in [0.25, 0.3) is 0 Å². The maximum atomic E-state index is 5.46. The van der Waals surface area contributed by atoms with Crippen molar-refractivity contribution >= 4 is 11.8 Å². The molecule has 2 saturated heterocycles. The first-order valence-corrected chi connectivity index (χ1v) is 10.2. The van der Waals surface area contributed by atoms with E-state index in [1.54, 1.807) is 0 Å². The quantitative estimate of drug-likeness (QED) is 0.785. The molecule has 0 aliphatic carbocycles. The Balaban J connectivity index is 1.41. The van der Waals surface area contributed by atoms with Gasteiger partial charge in [0.2, 0.25) is 5.95 Å². The third-order valence-electron chi connectivity index (χ3n) is 5.64. The molecule has 2 aliphatic heterocycles. The molecule has 7 heteroatoms. The van der Waals surface area contributed by atoms with Crippen LogP contribution in [0.5, 0.6) is 0 Å². The molecule has 0 aromatic carbocycles. The zero-order valence-corrected chi connectivity index (χ0v) is 16.9. The monoisotopic (exact) mass is 382 g/mol. The Morgan fingerprint density at radius 1 is 1.14 bits per heavy atom. The number of nitrogens with zero attached hydrogens (tertiary/aromatic N) is 6. The van der Waals surface area contributed by atoms with E-state index in [2.05, 4.69) is 56.8 Å². The van der Waals surface area contributed by atoms with Crippen molar-refractivity contribution in [3.63, 3.8) is 0 Å². The second-order valence-electron chi connectivity index (χ2n) is 7.73. The summed E-state index contributed by atoms with van der Waals surface area (Å²) >= 11 is 0. The van der Waals surface area contributed by atoms with E-state index in [0.717, 1.165) is 69.1 Å². The fourth-order valence-electron chi connectivity index (χ4n) is 4.05. The van der Waals surface area contributed by atoms with Gasteiger partial charge in [-0.1, -0.05) is 6.07 Å². The Hall–Kier alpha value is -2.25. The lowest BCUT2D eigenvalue weighted by molar-refractivity contribution is 0.122. The van der Waals surface area contributed by atoms with Gasteiger partial charge >= 0.3 is 0 Å². The van der Waals surface area contributed by atoms with Crippen molar-refractivity contribution in [2.45, 2.75) is 32.4 Å². The second kappa shape index (κ2) is 8.84. The van der Waals surface area contributed by atoms with Crippen LogP contribution in [-0.4, -0.2) is 72.3 Å². The minimum Gasteiger partial charge on any atom is -0.378 e. The van der Waals surface area contributed by atoms with E-state index in [1.165, 1.54) is 12.8 Å². The Morgan fingerprint density at radius 2 is 2.00 bits per heavy atom. The topological polar surface area (TPSA) is 57.6 Å². The van der Waals surface area contributed by atoms with Gasteiger partial charge in [0.25, 0.3) is 0 Å². The van der Waals surface area contributed by atoms with Gasteiger partial charge in [-0.05, 0) is 44.5 Å². The van der Waals surface area contributed by atoms with E-state index in [4.69, 9.17) is 9.72 Å². The van der Waals surface area contributed by atoms with Crippen LogP contribution < -0.4 is 9.80 Å². The first kappa shape index (κ1) is 19.1. The zero-order chi connectivity index (χ0) is 19.3. The van der Waals surface area contributed by atoms with Gasteiger partial charge in [0.15, 0.2) is 0 Å². The first-order valence-electron chi connectivity index (χ1n) is 10.2. The Bertz CT molecular complexity index is 779. The standard InChI is InChI=1S/C21H30N6O/c1-17-5-3-6-18(23-17)15-26-10-4-7-19(16-26)25(2)21-22-9-8-20(24-21)27-11-13-28-14-12-27/h3,5-6,8-9,19H,4,7,10-16H2,1-2H3. The summed E-state index contributed by atoms with van der Waals surface area (Å²) < 4.78 is 5.46. The highest BCUT2D eigenvalue weighted by atomic mass is 16.5. The minimum atomic E-state index is 0.415. The van der Waals surface area contributed by atoms with Gasteiger partial charge in [-0.15, -0.1) is 0 Å². The molecule has 0 saturated carbocycles. The van der Waals surface area contributed by atoms with Crippen LogP contribution in [0, 0.1) is 6.92 Å². The molecule has 1 atom stereocenters. The van der Waals surface area contributed by atoms with Gasteiger partial charge in [0.1, 0.15) is 5.82 Å². The molecule has 150 valence electrons. The van der Waals surface area contributed by atoms with Crippen LogP contribution in [0.1, 0.15) is 24.2 Å². The maximum absolute atomic E-state index is 5.46. The molecule has 2 aromatic rings. The SMILES string of the molecule is Cc1cccc(CN2CCCC(N(C)c3nccc(N4CCOCC4)n3)C2)n1. The van der Waals surface area contributed by atoms with Gasteiger partial charge in [0.05, 0.1) is 18.9 Å².